The number of hydrogen-bond donors (Lipinski definition) is 0. The third-order valence-electron chi connectivity index (χ3n) is 2.08. The zero-order chi connectivity index (χ0) is 9.03. The minimum atomic E-state index is 0.150. The summed E-state index contributed by atoms with van der Waals surface area (Å²) in [5, 5.41) is 0.687. The first kappa shape index (κ1) is 10.1. The van der Waals surface area contributed by atoms with Crippen molar-refractivity contribution < 1.29 is 0 Å². The number of hydrogen-bond acceptors (Lipinski definition) is 2. The highest BCUT2D eigenvalue weighted by Gasteiger charge is 2.26. The summed E-state index contributed by atoms with van der Waals surface area (Å²) in [6.07, 6.45) is 7.49. The molecule has 0 saturated carbocycles. The van der Waals surface area contributed by atoms with Crippen LogP contribution in [-0.2, 0) is 0 Å². The largest absolute Gasteiger partial charge is 0.279 e. The maximum absolute atomic E-state index is 4.47. The highest BCUT2D eigenvalue weighted by molar-refractivity contribution is 8.02. The van der Waals surface area contributed by atoms with Crippen LogP contribution in [0.25, 0.3) is 0 Å². The van der Waals surface area contributed by atoms with Gasteiger partial charge in [-0.1, -0.05) is 26.2 Å². The van der Waals surface area contributed by atoms with Gasteiger partial charge in [0.2, 0.25) is 0 Å². The molecular weight excluding hydrogens is 166 g/mol. The van der Waals surface area contributed by atoms with Crippen molar-refractivity contribution in [3.05, 3.63) is 0 Å². The lowest BCUT2D eigenvalue weighted by Crippen LogP contribution is -2.08. The van der Waals surface area contributed by atoms with Crippen molar-refractivity contribution in [3.63, 3.8) is 0 Å². The standard InChI is InChI=1S/C10H19NS/c1-4-5-6-7-9-8-11-10(2,3)12-9/h8-9H,4-7H2,1-3H3/t9-/m1/s1. The van der Waals surface area contributed by atoms with Crippen LogP contribution in [0.1, 0.15) is 46.5 Å². The van der Waals surface area contributed by atoms with Gasteiger partial charge in [-0.2, -0.15) is 0 Å². The molecule has 1 rings (SSSR count). The van der Waals surface area contributed by atoms with Gasteiger partial charge < -0.3 is 0 Å². The second kappa shape index (κ2) is 4.31. The first-order chi connectivity index (χ1) is 5.64. The lowest BCUT2D eigenvalue weighted by molar-refractivity contribution is 0.691. The van der Waals surface area contributed by atoms with Crippen LogP contribution >= 0.6 is 11.8 Å². The molecule has 0 radical (unpaired) electrons. The van der Waals surface area contributed by atoms with E-state index in [1.54, 1.807) is 0 Å². The van der Waals surface area contributed by atoms with Gasteiger partial charge in [0, 0.05) is 11.5 Å². The Labute approximate surface area is 80.0 Å². The van der Waals surface area contributed by atoms with Crippen LogP contribution in [0.15, 0.2) is 4.99 Å². The van der Waals surface area contributed by atoms with Gasteiger partial charge in [-0.3, -0.25) is 4.99 Å². The summed E-state index contributed by atoms with van der Waals surface area (Å²) in [6.45, 7) is 6.63. The van der Waals surface area contributed by atoms with Crippen molar-refractivity contribution in [2.45, 2.75) is 56.6 Å². The molecule has 0 N–H and O–H groups in total. The van der Waals surface area contributed by atoms with Crippen molar-refractivity contribution in [1.82, 2.24) is 0 Å². The first-order valence-corrected chi connectivity index (χ1v) is 5.75. The average Bonchev–Trinajstić information content (AvgIpc) is 2.31. The molecular formula is C10H19NS. The third kappa shape index (κ3) is 3.18. The summed E-state index contributed by atoms with van der Waals surface area (Å²) in [4.78, 5) is 4.62. The maximum atomic E-state index is 4.47. The number of nitrogens with zero attached hydrogens (tertiary/aromatic N) is 1. The van der Waals surface area contributed by atoms with E-state index in [0.29, 0.717) is 5.25 Å². The van der Waals surface area contributed by atoms with Gasteiger partial charge in [0.25, 0.3) is 0 Å². The molecule has 0 fully saturated rings. The molecule has 0 aromatic heterocycles. The fourth-order valence-corrected chi connectivity index (χ4v) is 2.69. The molecule has 12 heavy (non-hydrogen) atoms. The molecule has 0 amide bonds. The maximum Gasteiger partial charge on any atom is 0.100 e. The van der Waals surface area contributed by atoms with Crippen molar-refractivity contribution in [1.29, 1.82) is 0 Å². The smallest absolute Gasteiger partial charge is 0.100 e. The Morgan fingerprint density at radius 3 is 2.67 bits per heavy atom. The van der Waals surface area contributed by atoms with Gasteiger partial charge in [-0.15, -0.1) is 11.8 Å². The van der Waals surface area contributed by atoms with Crippen molar-refractivity contribution in [2.24, 2.45) is 4.99 Å². The van der Waals surface area contributed by atoms with Gasteiger partial charge in [-0.05, 0) is 20.3 Å². The predicted octanol–water partition coefficient (Wildman–Crippen LogP) is 3.49. The highest BCUT2D eigenvalue weighted by atomic mass is 32.2. The molecule has 1 nitrogen and oxygen atoms in total. The molecule has 1 atom stereocenters. The van der Waals surface area contributed by atoms with Gasteiger partial charge in [0.1, 0.15) is 4.87 Å². The van der Waals surface area contributed by atoms with E-state index in [1.807, 2.05) is 11.8 Å². The zero-order valence-electron chi connectivity index (χ0n) is 8.34. The third-order valence-corrected chi connectivity index (χ3v) is 3.43. The fourth-order valence-electron chi connectivity index (χ4n) is 1.42. The lowest BCUT2D eigenvalue weighted by Gasteiger charge is -2.14. The molecule has 1 heterocycles. The molecule has 0 aliphatic carbocycles. The topological polar surface area (TPSA) is 12.4 Å². The Morgan fingerprint density at radius 1 is 1.42 bits per heavy atom. The van der Waals surface area contributed by atoms with Crippen LogP contribution < -0.4 is 0 Å². The summed E-state index contributed by atoms with van der Waals surface area (Å²) >= 11 is 2.00. The van der Waals surface area contributed by atoms with Crippen LogP contribution in [0, 0.1) is 0 Å². The minimum absolute atomic E-state index is 0.150. The molecule has 0 aromatic rings. The van der Waals surface area contributed by atoms with E-state index in [-0.39, 0.29) is 4.87 Å². The number of aliphatic imine (C=N–C) groups is 1. The minimum Gasteiger partial charge on any atom is -0.279 e. The van der Waals surface area contributed by atoms with Gasteiger partial charge >= 0.3 is 0 Å². The van der Waals surface area contributed by atoms with E-state index in [2.05, 4.69) is 32.0 Å². The zero-order valence-corrected chi connectivity index (χ0v) is 9.16. The number of thioether (sulfide) groups is 1. The summed E-state index contributed by atoms with van der Waals surface area (Å²) in [5.74, 6) is 0. The van der Waals surface area contributed by atoms with Crippen LogP contribution in [0.5, 0.6) is 0 Å². The molecule has 0 saturated heterocycles. The van der Waals surface area contributed by atoms with E-state index in [1.165, 1.54) is 25.7 Å². The molecule has 0 aromatic carbocycles. The van der Waals surface area contributed by atoms with E-state index < -0.39 is 0 Å². The summed E-state index contributed by atoms with van der Waals surface area (Å²) < 4.78 is 0. The van der Waals surface area contributed by atoms with Gasteiger partial charge in [0.15, 0.2) is 0 Å². The summed E-state index contributed by atoms with van der Waals surface area (Å²) in [6, 6.07) is 0. The molecule has 0 unspecified atom stereocenters. The molecule has 0 bridgehead atoms. The predicted molar refractivity (Wildman–Crippen MR) is 58.1 cm³/mol. The fraction of sp³-hybridized carbons (Fsp3) is 0.900. The number of unbranched alkanes of at least 4 members (excludes halogenated alkanes) is 2. The monoisotopic (exact) mass is 185 g/mol. The second-order valence-corrected chi connectivity index (χ2v) is 5.72. The molecule has 2 heteroatoms. The molecule has 0 spiro atoms. The normalized spacial score (nSPS) is 26.4. The Hall–Kier alpha value is 0.0200. The Bertz CT molecular complexity index is 163. The summed E-state index contributed by atoms with van der Waals surface area (Å²) in [5.41, 5.74) is 0. The van der Waals surface area contributed by atoms with Crippen LogP contribution in [0.2, 0.25) is 0 Å². The molecule has 70 valence electrons. The van der Waals surface area contributed by atoms with Gasteiger partial charge in [-0.25, -0.2) is 0 Å². The van der Waals surface area contributed by atoms with E-state index >= 15 is 0 Å². The molecule has 1 aliphatic rings. The van der Waals surface area contributed by atoms with Crippen molar-refractivity contribution in [2.75, 3.05) is 0 Å². The molecule has 1 aliphatic heterocycles. The summed E-state index contributed by atoms with van der Waals surface area (Å²) in [7, 11) is 0. The van der Waals surface area contributed by atoms with Gasteiger partial charge in [0.05, 0.1) is 0 Å². The van der Waals surface area contributed by atoms with Crippen LogP contribution in [0.3, 0.4) is 0 Å². The number of rotatable bonds is 4. The van der Waals surface area contributed by atoms with Crippen LogP contribution in [0.4, 0.5) is 0 Å². The lowest BCUT2D eigenvalue weighted by atomic mass is 10.2. The Kier molecular flexibility index (Phi) is 3.63. The first-order valence-electron chi connectivity index (χ1n) is 4.87. The average molecular weight is 185 g/mol. The van der Waals surface area contributed by atoms with E-state index in [9.17, 15) is 0 Å². The quantitative estimate of drug-likeness (QED) is 0.611. The SMILES string of the molecule is CCCCC[C@@H]1C=NC(C)(C)S1. The Balaban J connectivity index is 2.17. The highest BCUT2D eigenvalue weighted by Crippen LogP contribution is 2.36. The van der Waals surface area contributed by atoms with Crippen molar-refractivity contribution in [3.8, 4) is 0 Å². The van der Waals surface area contributed by atoms with Crippen molar-refractivity contribution >= 4 is 18.0 Å². The van der Waals surface area contributed by atoms with Crippen LogP contribution in [-0.4, -0.2) is 16.3 Å². The Morgan fingerprint density at radius 2 is 2.17 bits per heavy atom. The van der Waals surface area contributed by atoms with E-state index in [4.69, 9.17) is 0 Å². The second-order valence-electron chi connectivity index (χ2n) is 3.88. The van der Waals surface area contributed by atoms with E-state index in [0.717, 1.165) is 0 Å².